The molecule has 0 unspecified atom stereocenters. The highest BCUT2D eigenvalue weighted by atomic mass is 35.5. The van der Waals surface area contributed by atoms with Gasteiger partial charge in [-0.1, -0.05) is 42.5 Å². The quantitative estimate of drug-likeness (QED) is 0.494. The first-order chi connectivity index (χ1) is 14.3. The molecule has 0 bridgehead atoms. The Morgan fingerprint density at radius 1 is 1.23 bits per heavy atom. The number of amides is 3. The largest absolute Gasteiger partial charge is 0.508 e. The van der Waals surface area contributed by atoms with Gasteiger partial charge in [0.1, 0.15) is 5.75 Å². The number of aromatic nitrogens is 1. The summed E-state index contributed by atoms with van der Waals surface area (Å²) < 4.78 is 1.90. The van der Waals surface area contributed by atoms with Gasteiger partial charge in [0.15, 0.2) is 0 Å². The summed E-state index contributed by atoms with van der Waals surface area (Å²) >= 11 is 6.52. The van der Waals surface area contributed by atoms with Crippen molar-refractivity contribution in [3.63, 3.8) is 0 Å². The molecule has 7 nitrogen and oxygen atoms in total. The van der Waals surface area contributed by atoms with Gasteiger partial charge in [-0.05, 0) is 36.8 Å². The van der Waals surface area contributed by atoms with Crippen LogP contribution in [-0.4, -0.2) is 33.1 Å². The van der Waals surface area contributed by atoms with Crippen LogP contribution in [-0.2, 0) is 13.1 Å². The summed E-state index contributed by atoms with van der Waals surface area (Å²) in [6, 6.07) is 5.85. The maximum absolute atomic E-state index is 12.7. The van der Waals surface area contributed by atoms with Crippen LogP contribution in [0.1, 0.15) is 28.7 Å². The Kier molecular flexibility index (Phi) is 6.32. The first-order valence-corrected chi connectivity index (χ1v) is 9.75. The Labute approximate surface area is 179 Å². The van der Waals surface area contributed by atoms with Crippen molar-refractivity contribution in [2.45, 2.75) is 20.0 Å². The molecule has 4 N–H and O–H groups in total. The second kappa shape index (κ2) is 8.92. The lowest BCUT2D eigenvalue weighted by atomic mass is 10.1. The molecule has 0 saturated heterocycles. The molecule has 1 aromatic carbocycles. The first kappa shape index (κ1) is 21.3. The van der Waals surface area contributed by atoms with Crippen molar-refractivity contribution in [1.82, 2.24) is 9.47 Å². The van der Waals surface area contributed by atoms with E-state index >= 15 is 0 Å². The Bertz CT molecular complexity index is 1050. The van der Waals surface area contributed by atoms with Gasteiger partial charge in [0.05, 0.1) is 28.5 Å². The molecule has 2 aromatic rings. The zero-order chi connectivity index (χ0) is 21.8. The zero-order valence-electron chi connectivity index (χ0n) is 16.6. The van der Waals surface area contributed by atoms with Crippen molar-refractivity contribution in [3.8, 4) is 5.75 Å². The fraction of sp³-hybridized carbons (Fsp3) is 0.182. The van der Waals surface area contributed by atoms with Crippen LogP contribution in [0, 0.1) is 0 Å². The van der Waals surface area contributed by atoms with Gasteiger partial charge in [0.25, 0.3) is 5.91 Å². The van der Waals surface area contributed by atoms with Gasteiger partial charge in [-0.25, -0.2) is 4.79 Å². The van der Waals surface area contributed by atoms with E-state index < -0.39 is 5.91 Å². The third-order valence-electron chi connectivity index (χ3n) is 4.80. The third kappa shape index (κ3) is 4.26. The molecule has 0 spiro atoms. The third-order valence-corrected chi connectivity index (χ3v) is 5.17. The predicted octanol–water partition coefficient (Wildman–Crippen LogP) is 4.14. The SMILES string of the molecule is C=C(/C=C\C=C/C)c1c(Cl)c(C(N)=O)c2n1CCN(C(=O)Nc1ccc(O)cc1)C2. The molecule has 156 valence electrons. The number of fused-ring (bicyclic) bond motifs is 1. The summed E-state index contributed by atoms with van der Waals surface area (Å²) in [6.07, 6.45) is 7.40. The number of urea groups is 1. The molecule has 0 fully saturated rings. The molecule has 0 saturated carbocycles. The molecule has 1 aliphatic rings. The molecule has 1 aromatic heterocycles. The molecule has 1 aliphatic heterocycles. The number of aromatic hydroxyl groups is 1. The molecule has 8 heteroatoms. The van der Waals surface area contributed by atoms with Crippen LogP contribution in [0.5, 0.6) is 5.75 Å². The normalized spacial score (nSPS) is 13.6. The van der Waals surface area contributed by atoms with Crippen molar-refractivity contribution in [1.29, 1.82) is 0 Å². The average molecular weight is 427 g/mol. The van der Waals surface area contributed by atoms with Gasteiger partial charge in [-0.3, -0.25) is 4.79 Å². The van der Waals surface area contributed by atoms with E-state index in [1.807, 2.05) is 35.8 Å². The molecular formula is C22H23ClN4O3. The predicted molar refractivity (Wildman–Crippen MR) is 118 cm³/mol. The summed E-state index contributed by atoms with van der Waals surface area (Å²) in [5.74, 6) is -0.540. The number of carbonyl (C=O) groups excluding carboxylic acids is 2. The topological polar surface area (TPSA) is 101 Å². The van der Waals surface area contributed by atoms with Crippen LogP contribution in [0.15, 0.2) is 55.1 Å². The maximum Gasteiger partial charge on any atom is 0.322 e. The Hall–Kier alpha value is -3.45. The van der Waals surface area contributed by atoms with Crippen molar-refractivity contribution >= 4 is 34.8 Å². The van der Waals surface area contributed by atoms with Gasteiger partial charge in [-0.2, -0.15) is 0 Å². The highest BCUT2D eigenvalue weighted by Gasteiger charge is 2.31. The molecule has 30 heavy (non-hydrogen) atoms. The van der Waals surface area contributed by atoms with Crippen LogP contribution in [0.2, 0.25) is 5.02 Å². The fourth-order valence-corrected chi connectivity index (χ4v) is 3.80. The second-order valence-corrected chi connectivity index (χ2v) is 7.19. The average Bonchev–Trinajstić information content (AvgIpc) is 3.00. The van der Waals surface area contributed by atoms with E-state index in [2.05, 4.69) is 11.9 Å². The number of benzene rings is 1. The molecule has 0 radical (unpaired) electrons. The van der Waals surface area contributed by atoms with E-state index in [9.17, 15) is 14.7 Å². The monoisotopic (exact) mass is 426 g/mol. The summed E-state index contributed by atoms with van der Waals surface area (Å²) in [6.45, 7) is 7.00. The number of phenolic OH excluding ortho intramolecular Hbond substituents is 1. The van der Waals surface area contributed by atoms with Gasteiger partial charge < -0.3 is 25.6 Å². The van der Waals surface area contributed by atoms with Crippen molar-refractivity contribution in [3.05, 3.63) is 77.1 Å². The maximum atomic E-state index is 12.7. The van der Waals surface area contributed by atoms with Gasteiger partial charge in [0.2, 0.25) is 0 Å². The number of anilines is 1. The van der Waals surface area contributed by atoms with Gasteiger partial charge in [-0.15, -0.1) is 0 Å². The number of phenols is 1. The smallest absolute Gasteiger partial charge is 0.322 e. The highest BCUT2D eigenvalue weighted by molar-refractivity contribution is 6.36. The lowest BCUT2D eigenvalue weighted by Crippen LogP contribution is -2.41. The molecule has 3 amide bonds. The lowest BCUT2D eigenvalue weighted by molar-refractivity contribution is 0.0997. The number of halogens is 1. The zero-order valence-corrected chi connectivity index (χ0v) is 17.3. The number of carbonyl (C=O) groups is 2. The number of hydrogen-bond donors (Lipinski definition) is 3. The van der Waals surface area contributed by atoms with Crippen LogP contribution in [0.3, 0.4) is 0 Å². The minimum atomic E-state index is -0.652. The first-order valence-electron chi connectivity index (χ1n) is 9.37. The number of nitrogens with zero attached hydrogens (tertiary/aromatic N) is 2. The Morgan fingerprint density at radius 3 is 2.57 bits per heavy atom. The number of allylic oxidation sites excluding steroid dienone is 5. The number of nitrogens with two attached hydrogens (primary N) is 1. The summed E-state index contributed by atoms with van der Waals surface area (Å²) in [7, 11) is 0. The van der Waals surface area contributed by atoms with E-state index in [-0.39, 0.29) is 28.9 Å². The molecular weight excluding hydrogens is 404 g/mol. The van der Waals surface area contributed by atoms with E-state index in [1.165, 1.54) is 12.1 Å². The van der Waals surface area contributed by atoms with Crippen LogP contribution in [0.25, 0.3) is 5.57 Å². The molecule has 0 atom stereocenters. The Balaban J connectivity index is 1.89. The van der Waals surface area contributed by atoms with E-state index in [0.717, 1.165) is 0 Å². The van der Waals surface area contributed by atoms with E-state index in [1.54, 1.807) is 17.0 Å². The number of primary amides is 1. The van der Waals surface area contributed by atoms with Crippen molar-refractivity contribution in [2.75, 3.05) is 11.9 Å². The van der Waals surface area contributed by atoms with Gasteiger partial charge >= 0.3 is 6.03 Å². The summed E-state index contributed by atoms with van der Waals surface area (Å²) in [5, 5.41) is 12.4. The van der Waals surface area contributed by atoms with E-state index in [4.69, 9.17) is 17.3 Å². The highest BCUT2D eigenvalue weighted by Crippen LogP contribution is 2.35. The van der Waals surface area contributed by atoms with Gasteiger partial charge in [0, 0.05) is 18.8 Å². The number of rotatable bonds is 5. The standard InChI is InChI=1S/C22H23ClN4O3/c1-3-4-5-6-14(2)20-19(23)18(21(24)29)17-13-26(11-12-27(17)20)22(30)25-15-7-9-16(28)10-8-15/h3-10,28H,2,11-13H2,1H3,(H2,24,29)(H,25,30)/b4-3-,6-5-. The minimum absolute atomic E-state index is 0.112. The van der Waals surface area contributed by atoms with Crippen LogP contribution < -0.4 is 11.1 Å². The molecule has 2 heterocycles. The van der Waals surface area contributed by atoms with Crippen LogP contribution >= 0.6 is 11.6 Å². The molecule has 0 aliphatic carbocycles. The summed E-state index contributed by atoms with van der Waals surface area (Å²) in [4.78, 5) is 26.4. The Morgan fingerprint density at radius 2 is 1.93 bits per heavy atom. The number of nitrogens with one attached hydrogen (secondary N) is 1. The number of hydrogen-bond acceptors (Lipinski definition) is 3. The minimum Gasteiger partial charge on any atom is -0.508 e. The summed E-state index contributed by atoms with van der Waals surface area (Å²) in [5.41, 5.74) is 8.20. The molecule has 3 rings (SSSR count). The fourth-order valence-electron chi connectivity index (χ4n) is 3.37. The van der Waals surface area contributed by atoms with Crippen molar-refractivity contribution < 1.29 is 14.7 Å². The lowest BCUT2D eigenvalue weighted by Gasteiger charge is -2.30. The second-order valence-electron chi connectivity index (χ2n) is 6.81. The van der Waals surface area contributed by atoms with Crippen LogP contribution in [0.4, 0.5) is 10.5 Å². The van der Waals surface area contributed by atoms with E-state index in [0.29, 0.717) is 35.7 Å². The van der Waals surface area contributed by atoms with Crippen molar-refractivity contribution in [2.24, 2.45) is 5.73 Å².